The highest BCUT2D eigenvalue weighted by Gasteiger charge is 2.68. The quantitative estimate of drug-likeness (QED) is 0.264. The number of carbonyl (C=O) groups excluding carboxylic acids is 6. The molecule has 5 fully saturated rings. The fraction of sp³-hybridized carbons (Fsp3) is 0.696. The van der Waals surface area contributed by atoms with Gasteiger partial charge in [-0.3, -0.25) is 28.8 Å². The Balaban J connectivity index is 0.000000167. The van der Waals surface area contributed by atoms with Gasteiger partial charge in [-0.05, 0) is 162 Å². The average Bonchev–Trinajstić information content (AvgIpc) is 3.57. The Hall–Kier alpha value is -3.42. The predicted molar refractivity (Wildman–Crippen MR) is 204 cm³/mol. The van der Waals surface area contributed by atoms with E-state index in [4.69, 9.17) is 9.47 Å². The number of rotatable bonds is 4. The summed E-state index contributed by atoms with van der Waals surface area (Å²) in [7, 11) is 0. The zero-order valence-electron chi connectivity index (χ0n) is 33.5. The van der Waals surface area contributed by atoms with Crippen LogP contribution in [-0.4, -0.2) is 46.3 Å². The number of ether oxygens (including phenoxy) is 2. The molecule has 0 unspecified atom stereocenters. The summed E-state index contributed by atoms with van der Waals surface area (Å²) in [5.41, 5.74) is 2.19. The van der Waals surface area contributed by atoms with Crippen LogP contribution in [0.25, 0.3) is 0 Å². The first-order valence-corrected chi connectivity index (χ1v) is 20.7. The fourth-order valence-electron chi connectivity index (χ4n) is 14.2. The van der Waals surface area contributed by atoms with Gasteiger partial charge in [-0.25, -0.2) is 0 Å². The second kappa shape index (κ2) is 13.7. The molecule has 0 spiro atoms. The fourth-order valence-corrected chi connectivity index (χ4v) is 14.2. The molecule has 0 heterocycles. The summed E-state index contributed by atoms with van der Waals surface area (Å²) in [5.74, 6) is 3.26. The molecule has 8 aliphatic carbocycles. The van der Waals surface area contributed by atoms with Crippen LogP contribution in [0.1, 0.15) is 132 Å². The lowest BCUT2D eigenvalue weighted by Crippen LogP contribution is -2.57. The molecule has 0 radical (unpaired) electrons. The van der Waals surface area contributed by atoms with Gasteiger partial charge in [0.05, 0.1) is 0 Å². The molecule has 0 aliphatic heterocycles. The van der Waals surface area contributed by atoms with E-state index in [-0.39, 0.29) is 45.9 Å². The van der Waals surface area contributed by atoms with E-state index in [1.54, 1.807) is 13.8 Å². The summed E-state index contributed by atoms with van der Waals surface area (Å²) in [6.45, 7) is 16.8. The molecule has 0 aromatic rings. The van der Waals surface area contributed by atoms with Crippen molar-refractivity contribution in [3.63, 3.8) is 0 Å². The van der Waals surface area contributed by atoms with Gasteiger partial charge in [-0.1, -0.05) is 37.6 Å². The van der Waals surface area contributed by atoms with Crippen LogP contribution in [0, 0.1) is 58.2 Å². The van der Waals surface area contributed by atoms with Gasteiger partial charge >= 0.3 is 11.9 Å². The maximum Gasteiger partial charge on any atom is 0.303 e. The second-order valence-corrected chi connectivity index (χ2v) is 18.8. The predicted octanol–water partition coefficient (Wildman–Crippen LogP) is 8.37. The minimum Gasteiger partial charge on any atom is -0.451 e. The molecule has 5 saturated carbocycles. The minimum absolute atomic E-state index is 0.0125. The number of hydrogen-bond acceptors (Lipinski definition) is 8. The van der Waals surface area contributed by atoms with Crippen molar-refractivity contribution in [1.82, 2.24) is 0 Å². The van der Waals surface area contributed by atoms with E-state index in [1.807, 2.05) is 12.2 Å². The van der Waals surface area contributed by atoms with Crippen molar-refractivity contribution in [3.8, 4) is 0 Å². The van der Waals surface area contributed by atoms with Crippen molar-refractivity contribution in [2.24, 2.45) is 58.2 Å². The van der Waals surface area contributed by atoms with Crippen LogP contribution >= 0.6 is 0 Å². The molecule has 12 atom stereocenters. The number of allylic oxidation sites excluding steroid dienone is 6. The first-order chi connectivity index (χ1) is 25.4. The molecule has 8 rings (SSSR count). The van der Waals surface area contributed by atoms with Crippen LogP contribution in [0.4, 0.5) is 0 Å². The lowest BCUT2D eigenvalue weighted by Gasteiger charge is -2.56. The lowest BCUT2D eigenvalue weighted by atomic mass is 9.49. The van der Waals surface area contributed by atoms with Crippen molar-refractivity contribution < 1.29 is 38.2 Å². The number of ketones is 4. The van der Waals surface area contributed by atoms with E-state index in [1.165, 1.54) is 30.6 Å². The maximum absolute atomic E-state index is 12.7. The number of Topliss-reactive ketones (excluding diaryl/α,β-unsaturated/α-hetero) is 2. The van der Waals surface area contributed by atoms with Crippen molar-refractivity contribution >= 4 is 35.1 Å². The third-order valence-electron chi connectivity index (χ3n) is 16.5. The highest BCUT2D eigenvalue weighted by molar-refractivity contribution is 5.93. The smallest absolute Gasteiger partial charge is 0.303 e. The summed E-state index contributed by atoms with van der Waals surface area (Å²) in [6.07, 6.45) is 17.1. The van der Waals surface area contributed by atoms with E-state index in [0.29, 0.717) is 73.0 Å². The van der Waals surface area contributed by atoms with E-state index < -0.39 is 11.2 Å². The van der Waals surface area contributed by atoms with Crippen LogP contribution in [0.15, 0.2) is 47.1 Å². The molecule has 0 amide bonds. The Kier molecular flexibility index (Phi) is 9.82. The molecule has 8 heteroatoms. The van der Waals surface area contributed by atoms with Crippen LogP contribution < -0.4 is 0 Å². The van der Waals surface area contributed by atoms with Crippen molar-refractivity contribution in [1.29, 1.82) is 0 Å². The molecule has 54 heavy (non-hydrogen) atoms. The molecule has 0 aromatic heterocycles. The summed E-state index contributed by atoms with van der Waals surface area (Å²) < 4.78 is 11.6. The zero-order chi connectivity index (χ0) is 39.1. The van der Waals surface area contributed by atoms with E-state index >= 15 is 0 Å². The second-order valence-electron chi connectivity index (χ2n) is 18.8. The minimum atomic E-state index is -0.978. The third-order valence-corrected chi connectivity index (χ3v) is 16.5. The largest absolute Gasteiger partial charge is 0.451 e. The number of carbonyl (C=O) groups is 6. The van der Waals surface area contributed by atoms with Crippen LogP contribution in [0.2, 0.25) is 0 Å². The van der Waals surface area contributed by atoms with Crippen molar-refractivity contribution in [3.05, 3.63) is 47.1 Å². The van der Waals surface area contributed by atoms with E-state index in [9.17, 15) is 28.8 Å². The number of fused-ring (bicyclic) bond motifs is 10. The van der Waals surface area contributed by atoms with Crippen molar-refractivity contribution in [2.45, 2.75) is 143 Å². The van der Waals surface area contributed by atoms with Crippen LogP contribution in [0.5, 0.6) is 0 Å². The number of hydrogen-bond donors (Lipinski definition) is 0. The third kappa shape index (κ3) is 5.73. The molecule has 8 aliphatic rings. The van der Waals surface area contributed by atoms with Gasteiger partial charge in [0.2, 0.25) is 0 Å². The van der Waals surface area contributed by atoms with Gasteiger partial charge in [-0.2, -0.15) is 0 Å². The summed E-state index contributed by atoms with van der Waals surface area (Å²) >= 11 is 0. The Morgan fingerprint density at radius 3 is 1.67 bits per heavy atom. The molecule has 0 N–H and O–H groups in total. The van der Waals surface area contributed by atoms with Crippen LogP contribution in [-0.2, 0) is 38.2 Å². The molecular formula is C46H60O8. The van der Waals surface area contributed by atoms with Gasteiger partial charge < -0.3 is 9.47 Å². The first kappa shape index (κ1) is 38.8. The van der Waals surface area contributed by atoms with E-state index in [0.717, 1.165) is 63.4 Å². The SMILES string of the molecule is C=C1C[C@@H]2[C@H](CC[C@@]3(C)[C@H]2CC[C@]3(OC(C)=O)C(C)=O)[C@H]2CCC(=O)C=C12.CC(=O)O[C@]1(C(C)=O)CC[C@H]2[C@@H]3C=C(C)C4=CC(=O)CC[C@@H]4[C@H]3CC[C@@]21C. The molecule has 292 valence electrons. The summed E-state index contributed by atoms with van der Waals surface area (Å²) in [6, 6.07) is 0. The van der Waals surface area contributed by atoms with Crippen LogP contribution in [0.3, 0.4) is 0 Å². The molecule has 0 aromatic carbocycles. The Morgan fingerprint density at radius 2 is 1.13 bits per heavy atom. The van der Waals surface area contributed by atoms with Gasteiger partial charge in [0.15, 0.2) is 34.3 Å². The Morgan fingerprint density at radius 1 is 0.648 bits per heavy atom. The molecule has 8 nitrogen and oxygen atoms in total. The molecule has 0 bridgehead atoms. The topological polar surface area (TPSA) is 121 Å². The average molecular weight is 741 g/mol. The maximum atomic E-state index is 12.7. The van der Waals surface area contributed by atoms with Gasteiger partial charge in [0, 0.05) is 37.5 Å². The van der Waals surface area contributed by atoms with Gasteiger partial charge in [-0.15, -0.1) is 0 Å². The van der Waals surface area contributed by atoms with Crippen molar-refractivity contribution in [2.75, 3.05) is 0 Å². The first-order valence-electron chi connectivity index (χ1n) is 20.7. The normalized spacial score (nSPS) is 43.2. The summed E-state index contributed by atoms with van der Waals surface area (Å²) in [4.78, 5) is 73.0. The highest BCUT2D eigenvalue weighted by Crippen LogP contribution is 2.67. The Bertz CT molecular complexity index is 1790. The zero-order valence-corrected chi connectivity index (χ0v) is 33.5. The summed E-state index contributed by atoms with van der Waals surface area (Å²) in [5, 5.41) is 0. The molecular weight excluding hydrogens is 680 g/mol. The van der Waals surface area contributed by atoms with Gasteiger partial charge in [0.1, 0.15) is 0 Å². The Labute approximate surface area is 321 Å². The number of esters is 2. The lowest BCUT2D eigenvalue weighted by molar-refractivity contribution is -0.185. The monoisotopic (exact) mass is 740 g/mol. The standard InChI is InChI=1S/2C23H30O4/c2*1-13-11-20-18(17-6-5-16(26)12-19(13)17)7-9-22(4)21(20)8-10-23(22,14(2)24)27-15(3)25/h11-12,17-18,20-21H,5-10H2,1-4H3;12,17-18,20-21H,1,5-11H2,2-4H3/t2*17-,18-,20-,21+,22+,23+/m11/s1. The molecule has 0 saturated heterocycles. The highest BCUT2D eigenvalue weighted by atomic mass is 16.6. The van der Waals surface area contributed by atoms with E-state index in [2.05, 4.69) is 33.4 Å². The van der Waals surface area contributed by atoms with Gasteiger partial charge in [0.25, 0.3) is 0 Å².